The maximum atomic E-state index is 14.2. The van der Waals surface area contributed by atoms with Crippen molar-refractivity contribution in [2.24, 2.45) is 5.41 Å². The van der Waals surface area contributed by atoms with E-state index < -0.39 is 16.6 Å². The van der Waals surface area contributed by atoms with E-state index in [4.69, 9.17) is 4.65 Å². The largest absolute Gasteiger partial charge is 0.426 e. The van der Waals surface area contributed by atoms with Crippen molar-refractivity contribution in [3.63, 3.8) is 0 Å². The number of fused-ring (bicyclic) bond motifs is 1. The Morgan fingerprint density at radius 2 is 1.79 bits per heavy atom. The molecule has 1 saturated heterocycles. The van der Waals surface area contributed by atoms with Crippen molar-refractivity contribution in [1.82, 2.24) is 0 Å². The molecular weight excluding hydrogens is 440 g/mol. The second-order valence-electron chi connectivity index (χ2n) is 10.7. The van der Waals surface area contributed by atoms with Crippen LogP contribution in [0.3, 0.4) is 0 Å². The molecule has 2 aromatic carbocycles. The normalized spacial score (nSPS) is 20.7. The van der Waals surface area contributed by atoms with Gasteiger partial charge < -0.3 is 4.65 Å². The number of halogens is 2. The van der Waals surface area contributed by atoms with Crippen LogP contribution in [0.5, 0.6) is 0 Å². The number of carbonyl (C=O) groups excluding carboxylic acids is 1. The van der Waals surface area contributed by atoms with Crippen LogP contribution in [0.2, 0.25) is 6.32 Å². The first-order chi connectivity index (χ1) is 15.1. The van der Waals surface area contributed by atoms with Crippen LogP contribution in [0.25, 0.3) is 0 Å². The molecule has 1 amide bonds. The van der Waals surface area contributed by atoms with Crippen LogP contribution in [-0.4, -0.2) is 18.4 Å². The molecule has 2 heterocycles. The Labute approximate surface area is 196 Å². The lowest BCUT2D eigenvalue weighted by molar-refractivity contribution is -0.121. The third-order valence-electron chi connectivity index (χ3n) is 7.55. The van der Waals surface area contributed by atoms with E-state index in [0.29, 0.717) is 11.4 Å². The number of hydrogen-bond donors (Lipinski definition) is 0. The maximum Gasteiger partial charge on any atom is 0.327 e. The van der Waals surface area contributed by atoms with E-state index in [1.807, 2.05) is 38.1 Å². The molecule has 172 valence electrons. The molecule has 2 aliphatic heterocycles. The van der Waals surface area contributed by atoms with Gasteiger partial charge >= 0.3 is 6.92 Å². The minimum absolute atomic E-state index is 0.00364. The second kappa shape index (κ2) is 7.36. The van der Waals surface area contributed by atoms with Crippen molar-refractivity contribution in [3.05, 3.63) is 53.1 Å². The molecule has 2 aromatic rings. The zero-order valence-corrected chi connectivity index (χ0v) is 20.9. The van der Waals surface area contributed by atoms with Crippen LogP contribution in [0.4, 0.5) is 20.2 Å². The summed E-state index contributed by atoms with van der Waals surface area (Å²) >= 11 is 0. The van der Waals surface area contributed by atoms with Crippen LogP contribution in [0.15, 0.2) is 36.4 Å². The molecule has 0 N–H and O–H groups in total. The Hall–Kier alpha value is -2.29. The number of carbonyl (C=O) groups is 1. The summed E-state index contributed by atoms with van der Waals surface area (Å²) in [7, 11) is 1.47. The predicted molar refractivity (Wildman–Crippen MR) is 131 cm³/mol. The van der Waals surface area contributed by atoms with Gasteiger partial charge in [-0.05, 0) is 74.7 Å². The minimum Gasteiger partial charge on any atom is -0.426 e. The molecule has 4 nitrogen and oxygen atoms in total. The average molecular weight is 468 g/mol. The first-order valence-electron chi connectivity index (χ1n) is 11.0. The van der Waals surface area contributed by atoms with E-state index in [-0.39, 0.29) is 29.4 Å². The monoisotopic (exact) mass is 468 g/mol. The number of nitrogens with zero attached hydrogens (tertiary/aromatic N) is 2. The zero-order chi connectivity index (χ0) is 24.6. The van der Waals surface area contributed by atoms with E-state index in [2.05, 4.69) is 27.7 Å². The van der Waals surface area contributed by atoms with Crippen molar-refractivity contribution >= 4 is 38.9 Å². The van der Waals surface area contributed by atoms with Crippen LogP contribution < -0.4 is 10.4 Å². The highest BCUT2D eigenvalue weighted by atomic mass is 31.0. The molecule has 4 rings (SSSR count). The predicted octanol–water partition coefficient (Wildman–Crippen LogP) is 5.47. The molecule has 0 aliphatic carbocycles. The molecule has 33 heavy (non-hydrogen) atoms. The fourth-order valence-corrected chi connectivity index (χ4v) is 4.95. The number of alkyl halides is 2. The Bertz CT molecular complexity index is 1180. The van der Waals surface area contributed by atoms with E-state index in [0.717, 1.165) is 17.3 Å². The molecule has 1 fully saturated rings. The van der Waals surface area contributed by atoms with E-state index >= 15 is 0 Å². The fourth-order valence-electron chi connectivity index (χ4n) is 4.71. The van der Waals surface area contributed by atoms with Crippen molar-refractivity contribution in [2.75, 3.05) is 4.90 Å². The second-order valence-corrected chi connectivity index (χ2v) is 11.4. The summed E-state index contributed by atoms with van der Waals surface area (Å²) in [6, 6.07) is 11.8. The Kier molecular flexibility index (Phi) is 5.32. The van der Waals surface area contributed by atoms with Crippen LogP contribution in [0.1, 0.15) is 58.2 Å². The van der Waals surface area contributed by atoms with Gasteiger partial charge in [0.15, 0.2) is 0 Å². The number of amides is 1. The summed E-state index contributed by atoms with van der Waals surface area (Å²) in [5, 5.41) is 9.25. The number of rotatable bonds is 3. The molecule has 0 bridgehead atoms. The SMILES string of the molecule is CC1(C)C(=O)N(c2ccc(C#N)c(C(F)(F)P)c2)c2ccc(B3CC(C)(C)C(C)(C)O3)cc21. The molecule has 1 atom stereocenters. The van der Waals surface area contributed by atoms with Gasteiger partial charge in [0, 0.05) is 11.3 Å². The highest BCUT2D eigenvalue weighted by molar-refractivity contribution is 7.17. The molecule has 8 heteroatoms. The van der Waals surface area contributed by atoms with Crippen molar-refractivity contribution in [3.8, 4) is 6.07 Å². The molecule has 0 radical (unpaired) electrons. The maximum absolute atomic E-state index is 14.2. The van der Waals surface area contributed by atoms with Crippen molar-refractivity contribution in [2.45, 2.75) is 64.5 Å². The van der Waals surface area contributed by atoms with E-state index in [1.54, 1.807) is 6.07 Å². The first-order valence-corrected chi connectivity index (χ1v) is 11.6. The van der Waals surface area contributed by atoms with Gasteiger partial charge in [0.2, 0.25) is 5.91 Å². The van der Waals surface area contributed by atoms with Crippen molar-refractivity contribution in [1.29, 1.82) is 5.26 Å². The summed E-state index contributed by atoms with van der Waals surface area (Å²) in [5.74, 6) is -0.203. The minimum atomic E-state index is -3.29. The third-order valence-corrected chi connectivity index (χ3v) is 7.86. The number of benzene rings is 2. The summed E-state index contributed by atoms with van der Waals surface area (Å²) in [6.45, 7) is 12.2. The van der Waals surface area contributed by atoms with Crippen LogP contribution in [0, 0.1) is 16.7 Å². The van der Waals surface area contributed by atoms with Gasteiger partial charge in [-0.25, -0.2) is 0 Å². The van der Waals surface area contributed by atoms with Gasteiger partial charge in [-0.15, -0.1) is 0 Å². The first kappa shape index (κ1) is 23.9. The molecule has 0 saturated carbocycles. The summed E-state index contributed by atoms with van der Waals surface area (Å²) in [6.07, 6.45) is 0.860. The Balaban J connectivity index is 1.80. The van der Waals surface area contributed by atoms with Gasteiger partial charge in [0.25, 0.3) is 5.66 Å². The van der Waals surface area contributed by atoms with Gasteiger partial charge in [-0.2, -0.15) is 14.0 Å². The fraction of sp³-hybridized carbons (Fsp3) is 0.440. The number of nitriles is 1. The molecule has 0 spiro atoms. The van der Waals surface area contributed by atoms with Crippen LogP contribution in [-0.2, 0) is 20.5 Å². The van der Waals surface area contributed by atoms with Gasteiger partial charge in [0.1, 0.15) is 0 Å². The van der Waals surface area contributed by atoms with E-state index in [9.17, 15) is 18.8 Å². The lowest BCUT2D eigenvalue weighted by atomic mass is 9.54. The van der Waals surface area contributed by atoms with Crippen LogP contribution >= 0.6 is 9.24 Å². The lowest BCUT2D eigenvalue weighted by Gasteiger charge is -2.34. The Morgan fingerprint density at radius 3 is 2.33 bits per heavy atom. The number of anilines is 2. The molecular formula is C25H28BF2N2O2P. The standard InChI is InChI=1S/C25H28BF2N2O2P/c1-22(2)14-26(32-24(22,5)6)16-8-10-20-19(11-16)23(3,4)21(31)30(20)17-9-7-15(13-29)18(12-17)25(27,28)33/h7-12H,14,33H2,1-6H3. The smallest absolute Gasteiger partial charge is 0.327 e. The van der Waals surface area contributed by atoms with Gasteiger partial charge in [0.05, 0.1) is 28.3 Å². The quantitative estimate of drug-likeness (QED) is 0.444. The molecule has 1 unspecified atom stereocenters. The highest BCUT2D eigenvalue weighted by Gasteiger charge is 2.51. The summed E-state index contributed by atoms with van der Waals surface area (Å²) in [5.41, 5.74) is -2.14. The van der Waals surface area contributed by atoms with Gasteiger partial charge in [-0.1, -0.05) is 35.2 Å². The average Bonchev–Trinajstić information content (AvgIpc) is 3.05. The molecule has 2 aliphatic rings. The number of hydrogen-bond acceptors (Lipinski definition) is 3. The topological polar surface area (TPSA) is 53.3 Å². The summed E-state index contributed by atoms with van der Waals surface area (Å²) < 4.78 is 34.7. The summed E-state index contributed by atoms with van der Waals surface area (Å²) in [4.78, 5) is 15.0. The molecule has 0 aromatic heterocycles. The van der Waals surface area contributed by atoms with E-state index in [1.165, 1.54) is 26.3 Å². The highest BCUT2D eigenvalue weighted by Crippen LogP contribution is 2.48. The third kappa shape index (κ3) is 3.68. The van der Waals surface area contributed by atoms with Crippen molar-refractivity contribution < 1.29 is 18.2 Å². The zero-order valence-electron chi connectivity index (χ0n) is 19.8. The van der Waals surface area contributed by atoms with Gasteiger partial charge in [-0.3, -0.25) is 9.69 Å². The lowest BCUT2D eigenvalue weighted by Crippen LogP contribution is -2.36. The Morgan fingerprint density at radius 1 is 1.12 bits per heavy atom.